The minimum atomic E-state index is -0.353. The van der Waals surface area contributed by atoms with E-state index in [0.717, 1.165) is 34.3 Å². The van der Waals surface area contributed by atoms with Crippen LogP contribution in [-0.2, 0) is 9.53 Å². The van der Waals surface area contributed by atoms with Gasteiger partial charge in [0.15, 0.2) is 0 Å². The molecule has 0 aliphatic heterocycles. The van der Waals surface area contributed by atoms with Gasteiger partial charge < -0.3 is 14.6 Å². The second-order valence-electron chi connectivity index (χ2n) is 8.20. The Hall–Kier alpha value is -0.710. The fraction of sp³-hybridized carbons (Fsp3) is 0.621. The zero-order valence-electron chi connectivity index (χ0n) is 25.2. The first kappa shape index (κ1) is 41.8. The number of aldehydes is 1. The molecule has 0 saturated heterocycles. The van der Waals surface area contributed by atoms with Crippen LogP contribution in [0.2, 0.25) is 0 Å². The Balaban J connectivity index is -0.000000604. The minimum absolute atomic E-state index is 0.198. The topological polar surface area (TPSA) is 72.3 Å². The minimum Gasteiger partial charge on any atom is -0.395 e. The summed E-state index contributed by atoms with van der Waals surface area (Å²) < 4.78 is 5.81. The van der Waals surface area contributed by atoms with Gasteiger partial charge in [-0.1, -0.05) is 89.1 Å². The molecule has 2 rings (SSSR count). The van der Waals surface area contributed by atoms with E-state index in [0.29, 0.717) is 13.0 Å². The number of hydrogen-bond acceptors (Lipinski definition) is 9. The number of ether oxygens (including phenoxy) is 1. The van der Waals surface area contributed by atoms with Gasteiger partial charge in [-0.2, -0.15) is 0 Å². The number of aromatic nitrogens is 2. The van der Waals surface area contributed by atoms with Crippen LogP contribution in [0.1, 0.15) is 82.1 Å². The van der Waals surface area contributed by atoms with Gasteiger partial charge in [-0.3, -0.25) is 0 Å². The zero-order chi connectivity index (χ0) is 29.7. The van der Waals surface area contributed by atoms with E-state index in [-0.39, 0.29) is 17.6 Å². The van der Waals surface area contributed by atoms with Crippen LogP contribution < -0.4 is 0 Å². The lowest BCUT2D eigenvalue weighted by atomic mass is 9.92. The maximum atomic E-state index is 10.6. The highest BCUT2D eigenvalue weighted by molar-refractivity contribution is 8.77. The molecule has 38 heavy (non-hydrogen) atoms. The summed E-state index contributed by atoms with van der Waals surface area (Å²) in [4.78, 5) is 19.0. The lowest BCUT2D eigenvalue weighted by Gasteiger charge is -2.28. The molecule has 220 valence electrons. The Kier molecular flexibility index (Phi) is 32.2. The molecule has 0 amide bonds. The van der Waals surface area contributed by atoms with E-state index in [2.05, 4.69) is 23.8 Å². The first-order valence-corrected chi connectivity index (χ1v) is 18.0. The van der Waals surface area contributed by atoms with E-state index in [1.165, 1.54) is 0 Å². The summed E-state index contributed by atoms with van der Waals surface area (Å²) in [6, 6.07) is 11.8. The molecule has 2 aromatic rings. The number of pyridine rings is 2. The number of nitrogens with zero attached hydrogens (tertiary/aromatic N) is 2. The van der Waals surface area contributed by atoms with Crippen LogP contribution in [0.25, 0.3) is 0 Å². The highest BCUT2D eigenvalue weighted by Crippen LogP contribution is 2.36. The van der Waals surface area contributed by atoms with E-state index in [9.17, 15) is 4.79 Å². The lowest BCUT2D eigenvalue weighted by Crippen LogP contribution is -2.27. The second kappa shape index (κ2) is 29.3. The van der Waals surface area contributed by atoms with Gasteiger partial charge in [0.2, 0.25) is 0 Å². The van der Waals surface area contributed by atoms with E-state index in [1.807, 2.05) is 109 Å². The van der Waals surface area contributed by atoms with Crippen LogP contribution >= 0.6 is 43.2 Å². The Bertz CT molecular complexity index is 737. The van der Waals surface area contributed by atoms with Crippen LogP contribution in [0.4, 0.5) is 0 Å². The van der Waals surface area contributed by atoms with E-state index in [1.54, 1.807) is 38.6 Å². The van der Waals surface area contributed by atoms with E-state index in [4.69, 9.17) is 9.84 Å². The molecule has 0 aliphatic rings. The summed E-state index contributed by atoms with van der Waals surface area (Å²) in [6.45, 7) is 21.3. The average Bonchev–Trinajstić information content (AvgIpc) is 2.93. The van der Waals surface area contributed by atoms with Gasteiger partial charge >= 0.3 is 0 Å². The fourth-order valence-electron chi connectivity index (χ4n) is 2.12. The van der Waals surface area contributed by atoms with Crippen molar-refractivity contribution in [1.82, 2.24) is 9.97 Å². The van der Waals surface area contributed by atoms with Gasteiger partial charge in [-0.25, -0.2) is 9.97 Å². The smallest absolute Gasteiger partial charge is 0.122 e. The predicted octanol–water partition coefficient (Wildman–Crippen LogP) is 9.52. The third-order valence-electron chi connectivity index (χ3n) is 4.03. The third kappa shape index (κ3) is 26.9. The molecule has 0 spiro atoms. The highest BCUT2D eigenvalue weighted by Gasteiger charge is 2.22. The summed E-state index contributed by atoms with van der Waals surface area (Å²) in [5.74, 6) is 1.78. The standard InChI is InChI=1S/C16H25NO2S2.C7H9NOS2.3C2H6/c1-15(2,9-12-19-16(3,4)8-11-18)13-20-21-14-7-5-6-10-17-14;9-5-6-10-11-7-3-1-2-4-8-7;3*1-2/h5-7,10-11H,8-9,12-13H2,1-4H3;1-4,9H,5-6H2;3*1-2H3. The van der Waals surface area contributed by atoms with Crippen LogP contribution in [0, 0.1) is 5.41 Å². The van der Waals surface area contributed by atoms with Gasteiger partial charge in [0, 0.05) is 36.9 Å². The molecule has 0 unspecified atom stereocenters. The monoisotopic (exact) mass is 604 g/mol. The molecule has 0 radical (unpaired) electrons. The van der Waals surface area contributed by atoms with Crippen LogP contribution in [0.3, 0.4) is 0 Å². The molecule has 9 heteroatoms. The molecular formula is C29H52N2O3S4. The molecule has 0 bridgehead atoms. The van der Waals surface area contributed by atoms with Crippen LogP contribution in [-0.4, -0.2) is 51.7 Å². The maximum Gasteiger partial charge on any atom is 0.122 e. The molecule has 5 nitrogen and oxygen atoms in total. The van der Waals surface area contributed by atoms with Crippen molar-refractivity contribution in [2.45, 2.75) is 97.7 Å². The van der Waals surface area contributed by atoms with Gasteiger partial charge in [0.25, 0.3) is 0 Å². The molecule has 0 fully saturated rings. The Morgan fingerprint density at radius 1 is 0.842 bits per heavy atom. The summed E-state index contributed by atoms with van der Waals surface area (Å²) in [6.07, 6.45) is 5.92. The Morgan fingerprint density at radius 3 is 1.76 bits per heavy atom. The first-order valence-electron chi connectivity index (χ1n) is 13.4. The summed E-state index contributed by atoms with van der Waals surface area (Å²) in [7, 11) is 6.74. The highest BCUT2D eigenvalue weighted by atomic mass is 33.1. The molecule has 0 atom stereocenters. The fourth-order valence-corrected chi connectivity index (χ4v) is 6.44. The molecule has 2 heterocycles. The first-order chi connectivity index (χ1) is 18.3. The molecule has 2 aromatic heterocycles. The Morgan fingerprint density at radius 2 is 1.34 bits per heavy atom. The maximum absolute atomic E-state index is 10.6. The van der Waals surface area contributed by atoms with Crippen molar-refractivity contribution >= 4 is 49.5 Å². The van der Waals surface area contributed by atoms with Crippen molar-refractivity contribution in [1.29, 1.82) is 0 Å². The van der Waals surface area contributed by atoms with Crippen LogP contribution in [0.5, 0.6) is 0 Å². The molecule has 0 aliphatic carbocycles. The van der Waals surface area contributed by atoms with E-state index >= 15 is 0 Å². The number of carbonyl (C=O) groups excluding carboxylic acids is 1. The van der Waals surface area contributed by atoms with Crippen LogP contribution in [0.15, 0.2) is 58.8 Å². The number of aliphatic hydroxyl groups is 1. The average molecular weight is 605 g/mol. The van der Waals surface area contributed by atoms with Crippen molar-refractivity contribution in [3.63, 3.8) is 0 Å². The van der Waals surface area contributed by atoms with Crippen molar-refractivity contribution < 1.29 is 14.6 Å². The second-order valence-corrected chi connectivity index (χ2v) is 13.0. The normalized spacial score (nSPS) is 10.2. The van der Waals surface area contributed by atoms with Gasteiger partial charge in [0.1, 0.15) is 16.3 Å². The number of carbonyl (C=O) groups is 1. The number of aliphatic hydroxyl groups excluding tert-OH is 1. The largest absolute Gasteiger partial charge is 0.395 e. The van der Waals surface area contributed by atoms with Crippen molar-refractivity contribution in [2.24, 2.45) is 5.41 Å². The summed E-state index contributed by atoms with van der Waals surface area (Å²) in [5, 5.41) is 10.5. The quantitative estimate of drug-likeness (QED) is 0.129. The number of rotatable bonds is 14. The summed E-state index contributed by atoms with van der Waals surface area (Å²) in [5.41, 5.74) is -0.155. The molecule has 1 N–H and O–H groups in total. The zero-order valence-corrected chi connectivity index (χ0v) is 28.5. The predicted molar refractivity (Wildman–Crippen MR) is 175 cm³/mol. The van der Waals surface area contributed by atoms with Crippen molar-refractivity contribution in [3.05, 3.63) is 48.8 Å². The van der Waals surface area contributed by atoms with Crippen molar-refractivity contribution in [2.75, 3.05) is 24.7 Å². The molecule has 0 aromatic carbocycles. The third-order valence-corrected chi connectivity index (χ3v) is 8.93. The van der Waals surface area contributed by atoms with Gasteiger partial charge in [-0.15, -0.1) is 0 Å². The van der Waals surface area contributed by atoms with Crippen molar-refractivity contribution in [3.8, 4) is 0 Å². The van der Waals surface area contributed by atoms with Gasteiger partial charge in [-0.05, 0) is 71.5 Å². The lowest BCUT2D eigenvalue weighted by molar-refractivity contribution is -0.114. The van der Waals surface area contributed by atoms with Gasteiger partial charge in [0.05, 0.1) is 12.2 Å². The molecule has 0 saturated carbocycles. The Labute approximate surface area is 249 Å². The summed E-state index contributed by atoms with van der Waals surface area (Å²) >= 11 is 0. The SMILES string of the molecule is CC.CC.CC.CC(C)(CCOC(C)(C)CC=O)CSSc1ccccn1.OCCSSc1ccccn1. The van der Waals surface area contributed by atoms with E-state index < -0.39 is 0 Å². The number of hydrogen-bond donors (Lipinski definition) is 1. The molecular weight excluding hydrogens is 553 g/mol.